The fourth-order valence-corrected chi connectivity index (χ4v) is 5.53. The molecule has 1 heterocycles. The Morgan fingerprint density at radius 3 is 2.37 bits per heavy atom. The number of nitrogens with zero attached hydrogens (tertiary/aromatic N) is 2. The lowest BCUT2D eigenvalue weighted by Gasteiger charge is -2.17. The zero-order chi connectivity index (χ0) is 28.6. The summed E-state index contributed by atoms with van der Waals surface area (Å²) in [4.78, 5) is 33.1. The fourth-order valence-electron chi connectivity index (χ4n) is 4.32. The van der Waals surface area contributed by atoms with Crippen molar-refractivity contribution in [3.63, 3.8) is 0 Å². The van der Waals surface area contributed by atoms with Gasteiger partial charge in [0.1, 0.15) is 23.1 Å². The molecule has 4 aromatic carbocycles. The normalized spacial score (nSPS) is 11.7. The number of methoxy groups -OCH3 is 1. The van der Waals surface area contributed by atoms with E-state index in [1.807, 2.05) is 96.9 Å². The summed E-state index contributed by atoms with van der Waals surface area (Å²) in [6.07, 6.45) is 0.436. The predicted molar refractivity (Wildman–Crippen MR) is 161 cm³/mol. The molecule has 7 nitrogen and oxygen atoms in total. The highest BCUT2D eigenvalue weighted by Gasteiger charge is 2.24. The number of rotatable bonds is 12. The summed E-state index contributed by atoms with van der Waals surface area (Å²) in [5, 5.41) is -0.526. The van der Waals surface area contributed by atoms with Crippen molar-refractivity contribution < 1.29 is 23.5 Å². The average molecular weight is 567 g/mol. The van der Waals surface area contributed by atoms with Crippen LogP contribution in [0.15, 0.2) is 112 Å². The number of carbonyl (C=O) groups is 2. The van der Waals surface area contributed by atoms with Crippen LogP contribution < -0.4 is 9.64 Å². The minimum atomic E-state index is -0.526. The summed E-state index contributed by atoms with van der Waals surface area (Å²) in [5.41, 5.74) is 3.69. The first-order chi connectivity index (χ1) is 20.0. The molecule has 8 heteroatoms. The molecular weight excluding hydrogens is 536 g/mol. The van der Waals surface area contributed by atoms with Crippen LogP contribution in [0.3, 0.4) is 0 Å². The molecule has 0 spiro atoms. The van der Waals surface area contributed by atoms with E-state index < -0.39 is 5.25 Å². The van der Waals surface area contributed by atoms with E-state index in [1.54, 1.807) is 18.2 Å². The van der Waals surface area contributed by atoms with Crippen LogP contribution in [0.2, 0.25) is 0 Å². The molecule has 0 fully saturated rings. The maximum absolute atomic E-state index is 13.2. The van der Waals surface area contributed by atoms with Gasteiger partial charge in [0.15, 0.2) is 11.4 Å². The summed E-state index contributed by atoms with van der Waals surface area (Å²) in [6.45, 7) is 1.04. The minimum Gasteiger partial charge on any atom is -0.492 e. The van der Waals surface area contributed by atoms with Gasteiger partial charge in [0.05, 0.1) is 13.7 Å². The molecule has 0 bridgehead atoms. The first-order valence-electron chi connectivity index (χ1n) is 13.2. The Labute approximate surface area is 243 Å². The van der Waals surface area contributed by atoms with Crippen molar-refractivity contribution in [2.45, 2.75) is 16.6 Å². The van der Waals surface area contributed by atoms with Gasteiger partial charge in [-0.1, -0.05) is 66.7 Å². The van der Waals surface area contributed by atoms with E-state index in [0.29, 0.717) is 36.7 Å². The topological polar surface area (TPSA) is 81.9 Å². The van der Waals surface area contributed by atoms with Gasteiger partial charge in [-0.25, -0.2) is 0 Å². The second-order valence-electron chi connectivity index (χ2n) is 9.40. The molecule has 1 aromatic heterocycles. The number of esters is 1. The Morgan fingerprint density at radius 1 is 0.902 bits per heavy atom. The summed E-state index contributed by atoms with van der Waals surface area (Å²) < 4.78 is 16.8. The number of ketones is 1. The van der Waals surface area contributed by atoms with Crippen LogP contribution in [0, 0.1) is 0 Å². The Kier molecular flexibility index (Phi) is 9.01. The predicted octanol–water partition coefficient (Wildman–Crippen LogP) is 6.45. The molecule has 0 radical (unpaired) electrons. The third kappa shape index (κ3) is 6.96. The highest BCUT2D eigenvalue weighted by atomic mass is 32.2. The SMILES string of the molecule is COC(=O)C(Cc1ccc(OCCN(C)c2nc3ccccc3o2)cc1)Sc1ccccc1C(=O)c1ccccc1. The molecule has 5 aromatic rings. The van der Waals surface area contributed by atoms with Gasteiger partial charge in [0.2, 0.25) is 0 Å². The van der Waals surface area contributed by atoms with Crippen LogP contribution in [0.5, 0.6) is 5.75 Å². The summed E-state index contributed by atoms with van der Waals surface area (Å²) >= 11 is 1.34. The number of hydrogen-bond acceptors (Lipinski definition) is 8. The highest BCUT2D eigenvalue weighted by molar-refractivity contribution is 8.00. The molecule has 0 N–H and O–H groups in total. The average Bonchev–Trinajstić information content (AvgIpc) is 3.46. The van der Waals surface area contributed by atoms with Crippen molar-refractivity contribution in [1.82, 2.24) is 4.98 Å². The van der Waals surface area contributed by atoms with E-state index in [2.05, 4.69) is 4.98 Å². The Morgan fingerprint density at radius 2 is 1.61 bits per heavy atom. The minimum absolute atomic E-state index is 0.0828. The van der Waals surface area contributed by atoms with Crippen LogP contribution in [0.1, 0.15) is 21.5 Å². The number of thioether (sulfide) groups is 1. The monoisotopic (exact) mass is 566 g/mol. The van der Waals surface area contributed by atoms with E-state index in [1.165, 1.54) is 18.9 Å². The number of aromatic nitrogens is 1. The van der Waals surface area contributed by atoms with Gasteiger partial charge in [-0.3, -0.25) is 9.59 Å². The maximum atomic E-state index is 13.2. The van der Waals surface area contributed by atoms with Gasteiger partial charge in [0.25, 0.3) is 6.01 Å². The molecule has 0 amide bonds. The van der Waals surface area contributed by atoms with Crippen molar-refractivity contribution in [2.75, 3.05) is 32.2 Å². The van der Waals surface area contributed by atoms with Gasteiger partial charge in [-0.05, 0) is 48.4 Å². The van der Waals surface area contributed by atoms with Crippen molar-refractivity contribution in [3.8, 4) is 5.75 Å². The molecule has 1 atom stereocenters. The van der Waals surface area contributed by atoms with Gasteiger partial charge in [-0.15, -0.1) is 11.8 Å². The number of ether oxygens (including phenoxy) is 2. The van der Waals surface area contributed by atoms with Crippen molar-refractivity contribution in [1.29, 1.82) is 0 Å². The molecule has 41 heavy (non-hydrogen) atoms. The molecule has 0 aliphatic heterocycles. The summed E-state index contributed by atoms with van der Waals surface area (Å²) in [5.74, 6) is 0.292. The molecule has 0 saturated carbocycles. The van der Waals surface area contributed by atoms with Crippen LogP contribution in [0.25, 0.3) is 11.1 Å². The van der Waals surface area contributed by atoms with Crippen molar-refractivity contribution >= 4 is 40.6 Å². The number of para-hydroxylation sites is 2. The van der Waals surface area contributed by atoms with Crippen LogP contribution >= 0.6 is 11.8 Å². The number of benzene rings is 4. The van der Waals surface area contributed by atoms with Gasteiger partial charge < -0.3 is 18.8 Å². The smallest absolute Gasteiger partial charge is 0.319 e. The van der Waals surface area contributed by atoms with Gasteiger partial charge in [0, 0.05) is 23.1 Å². The molecule has 0 aliphatic rings. The molecule has 0 aliphatic carbocycles. The largest absolute Gasteiger partial charge is 0.492 e. The third-order valence-corrected chi connectivity index (χ3v) is 7.80. The Balaban J connectivity index is 1.20. The maximum Gasteiger partial charge on any atom is 0.319 e. The van der Waals surface area contributed by atoms with E-state index in [0.717, 1.165) is 27.3 Å². The van der Waals surface area contributed by atoms with E-state index >= 15 is 0 Å². The van der Waals surface area contributed by atoms with E-state index in [4.69, 9.17) is 13.9 Å². The molecule has 208 valence electrons. The molecule has 0 saturated heterocycles. The summed E-state index contributed by atoms with van der Waals surface area (Å²) in [6, 6.07) is 32.4. The Hall–Kier alpha value is -4.56. The molecular formula is C33H30N2O5S. The lowest BCUT2D eigenvalue weighted by atomic mass is 10.0. The molecule has 1 unspecified atom stereocenters. The highest BCUT2D eigenvalue weighted by Crippen LogP contribution is 2.31. The summed E-state index contributed by atoms with van der Waals surface area (Å²) in [7, 11) is 3.29. The second-order valence-corrected chi connectivity index (χ2v) is 10.6. The quantitative estimate of drug-likeness (QED) is 0.0968. The zero-order valence-electron chi connectivity index (χ0n) is 22.9. The van der Waals surface area contributed by atoms with Crippen molar-refractivity contribution in [3.05, 3.63) is 120 Å². The van der Waals surface area contributed by atoms with E-state index in [9.17, 15) is 9.59 Å². The zero-order valence-corrected chi connectivity index (χ0v) is 23.7. The Bertz CT molecular complexity index is 1590. The van der Waals surface area contributed by atoms with Gasteiger partial charge >= 0.3 is 5.97 Å². The van der Waals surface area contributed by atoms with Crippen LogP contribution in [0.4, 0.5) is 6.01 Å². The van der Waals surface area contributed by atoms with Gasteiger partial charge in [-0.2, -0.15) is 4.98 Å². The number of anilines is 1. The van der Waals surface area contributed by atoms with E-state index in [-0.39, 0.29) is 11.8 Å². The number of oxazole rings is 1. The fraction of sp³-hybridized carbons (Fsp3) is 0.182. The van der Waals surface area contributed by atoms with Crippen LogP contribution in [-0.2, 0) is 16.0 Å². The first kappa shape index (κ1) is 28.0. The number of likely N-dealkylation sites (N-methyl/N-ethyl adjacent to an activating group) is 1. The number of hydrogen-bond donors (Lipinski definition) is 0. The second kappa shape index (κ2) is 13.2. The van der Waals surface area contributed by atoms with Crippen LogP contribution in [-0.4, -0.2) is 49.3 Å². The molecule has 5 rings (SSSR count). The lowest BCUT2D eigenvalue weighted by Crippen LogP contribution is -2.24. The third-order valence-electron chi connectivity index (χ3n) is 6.55. The van der Waals surface area contributed by atoms with Crippen molar-refractivity contribution in [2.24, 2.45) is 0 Å². The standard InChI is InChI=1S/C33H30N2O5S/c1-35(33-34-27-13-7-8-14-28(27)40-33)20-21-39-25-18-16-23(17-19-25)22-30(32(37)38-2)41-29-15-9-6-12-26(29)31(36)24-10-4-3-5-11-24/h3-19,30H,20-22H2,1-2H3. The lowest BCUT2D eigenvalue weighted by molar-refractivity contribution is -0.139. The first-order valence-corrected chi connectivity index (χ1v) is 14.1. The number of carbonyl (C=O) groups excluding carboxylic acids is 2. The number of fused-ring (bicyclic) bond motifs is 1.